The van der Waals surface area contributed by atoms with Gasteiger partial charge >= 0.3 is 0 Å². The maximum Gasteiger partial charge on any atom is 0.250 e. The van der Waals surface area contributed by atoms with Crippen molar-refractivity contribution in [3.05, 3.63) is 100 Å². The molecule has 5 heteroatoms. The molecule has 1 aliphatic carbocycles. The molecule has 31 heavy (non-hydrogen) atoms. The first-order valence-electron chi connectivity index (χ1n) is 11.1. The molecule has 158 valence electrons. The zero-order valence-electron chi connectivity index (χ0n) is 17.8. The number of hydrogen-bond acceptors (Lipinski definition) is 3. The average Bonchev–Trinajstić information content (AvgIpc) is 3.44. The van der Waals surface area contributed by atoms with Gasteiger partial charge < -0.3 is 9.88 Å². The van der Waals surface area contributed by atoms with Crippen LogP contribution < -0.4 is 10.9 Å². The van der Waals surface area contributed by atoms with E-state index in [-0.39, 0.29) is 5.56 Å². The molecule has 0 amide bonds. The molecule has 0 spiro atoms. The highest BCUT2D eigenvalue weighted by Gasteiger charge is 2.28. The first kappa shape index (κ1) is 19.8. The minimum absolute atomic E-state index is 0.00574. The molecule has 2 heterocycles. The van der Waals surface area contributed by atoms with Crippen LogP contribution in [0.3, 0.4) is 0 Å². The number of aromatic nitrogens is 3. The number of H-pyrrole nitrogens is 1. The lowest BCUT2D eigenvalue weighted by molar-refractivity contribution is 0.458. The van der Waals surface area contributed by atoms with Gasteiger partial charge in [-0.05, 0) is 54.7 Å². The van der Waals surface area contributed by atoms with Crippen molar-refractivity contribution < 1.29 is 0 Å². The quantitative estimate of drug-likeness (QED) is 0.480. The van der Waals surface area contributed by atoms with E-state index < -0.39 is 0 Å². The minimum Gasteiger partial charge on any atom is -0.310 e. The van der Waals surface area contributed by atoms with Crippen LogP contribution in [-0.2, 0) is 6.54 Å². The van der Waals surface area contributed by atoms with Gasteiger partial charge in [0.25, 0.3) is 5.56 Å². The highest BCUT2D eigenvalue weighted by Crippen LogP contribution is 2.35. The molecule has 0 radical (unpaired) electrons. The van der Waals surface area contributed by atoms with E-state index in [1.54, 1.807) is 16.7 Å². The van der Waals surface area contributed by atoms with Gasteiger partial charge in [0, 0.05) is 30.3 Å². The van der Waals surface area contributed by atoms with Crippen LogP contribution in [0.4, 0.5) is 0 Å². The van der Waals surface area contributed by atoms with Gasteiger partial charge in [-0.15, -0.1) is 0 Å². The first-order valence-corrected chi connectivity index (χ1v) is 11.1. The highest BCUT2D eigenvalue weighted by molar-refractivity contribution is 5.86. The Morgan fingerprint density at radius 1 is 1.10 bits per heavy atom. The topological polar surface area (TPSA) is 62.7 Å². The summed E-state index contributed by atoms with van der Waals surface area (Å²) in [5.74, 6) is 0.453. The molecule has 3 atom stereocenters. The summed E-state index contributed by atoms with van der Waals surface area (Å²) >= 11 is 0. The average molecular weight is 413 g/mol. The second kappa shape index (κ2) is 8.52. The predicted molar refractivity (Wildman–Crippen MR) is 124 cm³/mol. The third kappa shape index (κ3) is 4.19. The normalized spacial score (nSPS) is 19.6. The van der Waals surface area contributed by atoms with E-state index in [0.717, 1.165) is 30.7 Å². The third-order valence-corrected chi connectivity index (χ3v) is 6.52. The van der Waals surface area contributed by atoms with Crippen molar-refractivity contribution in [3.8, 4) is 0 Å². The van der Waals surface area contributed by atoms with Crippen molar-refractivity contribution >= 4 is 10.8 Å². The maximum atomic E-state index is 12.0. The highest BCUT2D eigenvalue weighted by atomic mass is 16.1. The molecule has 1 aliphatic rings. The van der Waals surface area contributed by atoms with Gasteiger partial charge in [0.1, 0.15) is 0 Å². The Balaban J connectivity index is 1.24. The van der Waals surface area contributed by atoms with Crippen molar-refractivity contribution in [3.63, 3.8) is 0 Å². The fraction of sp³-hybridized carbons (Fsp3) is 0.308. The molecule has 2 unspecified atom stereocenters. The molecule has 1 fully saturated rings. The predicted octanol–water partition coefficient (Wildman–Crippen LogP) is 4.76. The third-order valence-electron chi connectivity index (χ3n) is 6.52. The Bertz CT molecular complexity index is 1240. The van der Waals surface area contributed by atoms with Gasteiger partial charge in [0.15, 0.2) is 0 Å². The van der Waals surface area contributed by atoms with E-state index in [2.05, 4.69) is 71.0 Å². The van der Waals surface area contributed by atoms with Crippen LogP contribution in [0, 0.1) is 0 Å². The zero-order chi connectivity index (χ0) is 21.2. The fourth-order valence-corrected chi connectivity index (χ4v) is 4.92. The van der Waals surface area contributed by atoms with Crippen molar-refractivity contribution in [2.45, 2.75) is 50.7 Å². The van der Waals surface area contributed by atoms with Crippen molar-refractivity contribution in [2.75, 3.05) is 0 Å². The van der Waals surface area contributed by atoms with Crippen LogP contribution in [0.25, 0.3) is 10.8 Å². The Labute approximate surface area is 182 Å². The fourth-order valence-electron chi connectivity index (χ4n) is 4.92. The van der Waals surface area contributed by atoms with Gasteiger partial charge in [-0.1, -0.05) is 48.5 Å². The van der Waals surface area contributed by atoms with E-state index in [1.807, 2.05) is 12.3 Å². The number of nitrogens with one attached hydrogen (secondary N) is 2. The van der Waals surface area contributed by atoms with Gasteiger partial charge in [0.2, 0.25) is 0 Å². The van der Waals surface area contributed by atoms with Crippen LogP contribution in [0.15, 0.2) is 77.7 Å². The summed E-state index contributed by atoms with van der Waals surface area (Å²) < 4.78 is 1.70. The summed E-state index contributed by atoms with van der Waals surface area (Å²) in [6.07, 6.45) is 5.19. The Morgan fingerprint density at radius 3 is 2.84 bits per heavy atom. The number of nitrogens with zero attached hydrogens (tertiary/aromatic N) is 2. The van der Waals surface area contributed by atoms with Crippen molar-refractivity contribution in [1.29, 1.82) is 0 Å². The van der Waals surface area contributed by atoms with E-state index >= 15 is 0 Å². The van der Waals surface area contributed by atoms with Gasteiger partial charge in [-0.25, -0.2) is 0 Å². The molecule has 5 nitrogen and oxygen atoms in total. The molecule has 4 aromatic rings. The van der Waals surface area contributed by atoms with Gasteiger partial charge in [-0.2, -0.15) is 5.10 Å². The molecule has 2 aromatic carbocycles. The number of fused-ring (bicyclic) bond motifs is 1. The summed E-state index contributed by atoms with van der Waals surface area (Å²) in [7, 11) is 0. The molecule has 1 saturated carbocycles. The second-order valence-corrected chi connectivity index (χ2v) is 8.65. The van der Waals surface area contributed by atoms with E-state index in [4.69, 9.17) is 0 Å². The van der Waals surface area contributed by atoms with Crippen LogP contribution >= 0.6 is 0 Å². The molecular formula is C26H28N4O. The van der Waals surface area contributed by atoms with E-state index in [1.165, 1.54) is 16.3 Å². The lowest BCUT2D eigenvalue weighted by atomic mass is 9.98. The van der Waals surface area contributed by atoms with Crippen molar-refractivity contribution in [1.82, 2.24) is 20.1 Å². The minimum atomic E-state index is 0.00574. The smallest absolute Gasteiger partial charge is 0.250 e. The number of hydrogen-bond donors (Lipinski definition) is 2. The van der Waals surface area contributed by atoms with Crippen LogP contribution in [0.2, 0.25) is 0 Å². The van der Waals surface area contributed by atoms with E-state index in [9.17, 15) is 4.79 Å². The maximum absolute atomic E-state index is 12.0. The first-order chi connectivity index (χ1) is 15.2. The van der Waals surface area contributed by atoms with Gasteiger partial charge in [-0.3, -0.25) is 9.89 Å². The summed E-state index contributed by atoms with van der Waals surface area (Å²) in [4.78, 5) is 12.0. The Hall–Kier alpha value is -3.18. The molecular weight excluding hydrogens is 384 g/mol. The molecule has 2 N–H and O–H groups in total. The molecule has 2 aromatic heterocycles. The number of benzene rings is 2. The summed E-state index contributed by atoms with van der Waals surface area (Å²) in [6, 6.07) is 23.3. The monoisotopic (exact) mass is 412 g/mol. The van der Waals surface area contributed by atoms with Crippen LogP contribution in [0.1, 0.15) is 55.1 Å². The SMILES string of the molecule is C[C@@H](NC1CCC(c2cc(Cn3ccccc3=O)[nH]n2)C1)c1cccc2ccccc12. The summed E-state index contributed by atoms with van der Waals surface area (Å²) in [5, 5.41) is 14.2. The van der Waals surface area contributed by atoms with Crippen LogP contribution in [0.5, 0.6) is 0 Å². The standard InChI is InChI=1S/C26H28N4O/c1-18(23-10-6-8-19-7-2-3-9-24(19)23)27-21-13-12-20(15-21)25-16-22(28-29-25)17-30-14-5-4-11-26(30)31/h2-11,14,16,18,20-21,27H,12-13,15,17H2,1H3,(H,28,29)/t18-,20?,21?/m1/s1. The second-order valence-electron chi connectivity index (χ2n) is 8.65. The lowest BCUT2D eigenvalue weighted by Gasteiger charge is -2.21. The van der Waals surface area contributed by atoms with Crippen molar-refractivity contribution in [2.24, 2.45) is 0 Å². The molecule has 0 saturated heterocycles. The molecule has 0 bridgehead atoms. The van der Waals surface area contributed by atoms with Crippen LogP contribution in [-0.4, -0.2) is 20.8 Å². The number of rotatable bonds is 6. The van der Waals surface area contributed by atoms with E-state index in [0.29, 0.717) is 24.5 Å². The van der Waals surface area contributed by atoms with Gasteiger partial charge in [0.05, 0.1) is 17.9 Å². The molecule has 0 aliphatic heterocycles. The zero-order valence-corrected chi connectivity index (χ0v) is 17.8. The largest absolute Gasteiger partial charge is 0.310 e. The Kier molecular flexibility index (Phi) is 5.43. The lowest BCUT2D eigenvalue weighted by Crippen LogP contribution is -2.29. The summed E-state index contributed by atoms with van der Waals surface area (Å²) in [6.45, 7) is 2.79. The Morgan fingerprint density at radius 2 is 1.94 bits per heavy atom. The summed E-state index contributed by atoms with van der Waals surface area (Å²) in [5.41, 5.74) is 3.45. The number of aromatic amines is 1. The number of pyridine rings is 1. The molecule has 5 rings (SSSR count).